The molecule has 89 heavy (non-hydrogen) atoms. The minimum atomic E-state index is -3.75. The summed E-state index contributed by atoms with van der Waals surface area (Å²) >= 11 is 0. The lowest BCUT2D eigenvalue weighted by Crippen LogP contribution is -2.30. The Kier molecular flexibility index (Phi) is 27.9. The van der Waals surface area contributed by atoms with Gasteiger partial charge in [-0.3, -0.25) is 18.0 Å². The maximum Gasteiger partial charge on any atom is 0.297 e. The Bertz CT molecular complexity index is 3780. The Morgan fingerprint density at radius 2 is 0.854 bits per heavy atom. The molecule has 21 heteroatoms. The summed E-state index contributed by atoms with van der Waals surface area (Å²) in [5.74, 6) is 0. The van der Waals surface area contributed by atoms with Crippen LogP contribution in [0.2, 0.25) is 0 Å². The highest BCUT2D eigenvalue weighted by Gasteiger charge is 2.32. The molecule has 0 saturated carbocycles. The smallest absolute Gasteiger partial charge is 0.297 e. The lowest BCUT2D eigenvalue weighted by Gasteiger charge is -2.29. The van der Waals surface area contributed by atoms with E-state index in [9.17, 15) is 34.8 Å². The van der Waals surface area contributed by atoms with Gasteiger partial charge in [-0.1, -0.05) is 102 Å². The van der Waals surface area contributed by atoms with Crippen molar-refractivity contribution in [1.82, 2.24) is 0 Å². The summed E-state index contributed by atoms with van der Waals surface area (Å²) in [7, 11) is 5.88. The molecule has 474 valence electrons. The number of hydrogen-bond acceptors (Lipinski definition) is 17. The first-order chi connectivity index (χ1) is 42.3. The average molecular weight is 1290 g/mol. The van der Waals surface area contributed by atoms with E-state index in [1.54, 1.807) is 84.9 Å². The van der Waals surface area contributed by atoms with E-state index in [0.29, 0.717) is 30.8 Å². The molecule has 1 heterocycles. The van der Waals surface area contributed by atoms with Crippen molar-refractivity contribution in [2.75, 3.05) is 112 Å². The Morgan fingerprint density at radius 3 is 1.19 bits per heavy atom. The van der Waals surface area contributed by atoms with Gasteiger partial charge in [-0.25, -0.2) is 8.42 Å². The van der Waals surface area contributed by atoms with Crippen molar-refractivity contribution >= 4 is 86.7 Å². The number of rotatable bonds is 21. The number of aliphatic hydroxyl groups is 1. The molecule has 0 atom stereocenters. The highest BCUT2D eigenvalue weighted by atomic mass is 35.7. The fourth-order valence-corrected chi connectivity index (χ4v) is 11.5. The van der Waals surface area contributed by atoms with Crippen LogP contribution >= 0.6 is 10.7 Å². The van der Waals surface area contributed by atoms with E-state index in [0.717, 1.165) is 52.7 Å². The highest BCUT2D eigenvalue weighted by Crippen LogP contribution is 2.44. The van der Waals surface area contributed by atoms with Crippen LogP contribution in [0.5, 0.6) is 0 Å². The molecular weight excluding hydrogens is 1210 g/mol. The standard InChI is InChI=1S/C25H29N3O3S.C17H19NO4S.C10H13NO2.C9H13N.C7H7ClO2S/c1-19-9-15-22(16-10-19)32(29,30)31-18-17-26(2)21-13-11-20(12-14-21)25-27(3)23-7-5-6-8-24(23)28(25)4;1-14-3-9-17(10-4-14)23(20,21)22-12-11-18(2)16-7-5-15(13-19)6-8-16;1-11(6-7-12)10-4-2-9(8-13)3-5-10;1-3-8-6-4-5-7-9(8)10-2;1-6-2-4-7(5-3-6)11(8,9)10/h5-16,25H,17-18H2,1-4H3;3-10,13H,11-12H2,1-2H3;2-5,8,12H,6-7H2,1H3;4-7,10H,3H2,1-2H3;2-5H,1H3. The van der Waals surface area contributed by atoms with Gasteiger partial charge in [0.25, 0.3) is 29.3 Å². The molecule has 0 saturated heterocycles. The van der Waals surface area contributed by atoms with Gasteiger partial charge in [0.2, 0.25) is 0 Å². The summed E-state index contributed by atoms with van der Waals surface area (Å²) in [6.07, 6.45) is 2.82. The average Bonchev–Trinajstić information content (AvgIpc) is 1.65. The number of anilines is 6. The maximum atomic E-state index is 12.4. The molecule has 0 spiro atoms. The molecule has 8 aromatic carbocycles. The zero-order valence-corrected chi connectivity index (χ0v) is 55.2. The Balaban J connectivity index is 0.000000220. The molecule has 0 aliphatic carbocycles. The Labute approximate surface area is 531 Å². The molecule has 0 bridgehead atoms. The number of carbonyl (C=O) groups excluding carboxylic acids is 2. The zero-order chi connectivity index (χ0) is 65.3. The van der Waals surface area contributed by atoms with Crippen molar-refractivity contribution in [2.24, 2.45) is 0 Å². The lowest BCUT2D eigenvalue weighted by atomic mass is 10.1. The number of benzene rings is 8. The lowest BCUT2D eigenvalue weighted by molar-refractivity contribution is 0.111. The minimum Gasteiger partial charge on any atom is -0.395 e. The van der Waals surface area contributed by atoms with Crippen LogP contribution in [0.3, 0.4) is 0 Å². The number of likely N-dealkylation sites (N-methyl/N-ethyl adjacent to an activating group) is 3. The number of aldehydes is 2. The van der Waals surface area contributed by atoms with Gasteiger partial charge >= 0.3 is 0 Å². The van der Waals surface area contributed by atoms with Crippen molar-refractivity contribution in [1.29, 1.82) is 0 Å². The van der Waals surface area contributed by atoms with E-state index in [2.05, 4.69) is 103 Å². The first-order valence-corrected chi connectivity index (χ1v) is 33.7. The van der Waals surface area contributed by atoms with Crippen molar-refractivity contribution in [3.63, 3.8) is 0 Å². The summed E-state index contributed by atoms with van der Waals surface area (Å²) in [6, 6.07) is 59.0. The Hall–Kier alpha value is -8.08. The van der Waals surface area contributed by atoms with Crippen molar-refractivity contribution in [2.45, 2.75) is 55.0 Å². The normalized spacial score (nSPS) is 11.8. The topological polar surface area (TPSA) is 203 Å². The molecule has 1 aliphatic rings. The number of para-hydroxylation sites is 3. The number of aliphatic hydroxyl groups excluding tert-OH is 1. The summed E-state index contributed by atoms with van der Waals surface area (Å²) < 4.78 is 80.6. The summed E-state index contributed by atoms with van der Waals surface area (Å²) in [5.41, 5.74) is 13.4. The first-order valence-electron chi connectivity index (χ1n) is 28.5. The number of aryl methyl sites for hydroxylation is 4. The largest absolute Gasteiger partial charge is 0.395 e. The van der Waals surface area contributed by atoms with Crippen molar-refractivity contribution in [3.05, 3.63) is 233 Å². The number of halogens is 1. The van der Waals surface area contributed by atoms with E-state index < -0.39 is 29.3 Å². The molecule has 0 unspecified atom stereocenters. The number of nitrogens with zero attached hydrogens (tertiary/aromatic N) is 5. The van der Waals surface area contributed by atoms with Gasteiger partial charge in [-0.2, -0.15) is 16.8 Å². The number of carbonyl (C=O) groups is 2. The third-order valence-electron chi connectivity index (χ3n) is 14.3. The molecule has 17 nitrogen and oxygen atoms in total. The second kappa shape index (κ2) is 34.6. The molecule has 0 amide bonds. The van der Waals surface area contributed by atoms with Gasteiger partial charge in [0.1, 0.15) is 18.7 Å². The van der Waals surface area contributed by atoms with Crippen LogP contribution in [0.25, 0.3) is 0 Å². The SMILES string of the molecule is CCc1ccccc1NC.CN(CCO)c1ccc(C=O)cc1.Cc1ccc(S(=O)(=O)Cl)cc1.Cc1ccc(S(=O)(=O)OCCN(C)c2ccc(C3N(C)c4ccccc4N3C)cc2)cc1.Cc1ccc(S(=O)(=O)OCCN(C)c2ccc(C=O)cc2)cc1. The zero-order valence-electron chi connectivity index (χ0n) is 52.0. The molecule has 8 aromatic rings. The van der Waals surface area contributed by atoms with Crippen LogP contribution in [-0.4, -0.2) is 125 Å². The van der Waals surface area contributed by atoms with Gasteiger partial charge in [-0.05, 0) is 154 Å². The van der Waals surface area contributed by atoms with Crippen molar-refractivity contribution in [3.8, 4) is 0 Å². The second-order valence-electron chi connectivity index (χ2n) is 20.8. The monoisotopic (exact) mass is 1290 g/mol. The van der Waals surface area contributed by atoms with Gasteiger partial charge in [0.15, 0.2) is 0 Å². The minimum absolute atomic E-state index is 0.0438. The van der Waals surface area contributed by atoms with E-state index in [4.69, 9.17) is 24.2 Å². The number of fused-ring (bicyclic) bond motifs is 1. The van der Waals surface area contributed by atoms with Crippen LogP contribution < -0.4 is 29.8 Å². The Morgan fingerprint density at radius 1 is 0.506 bits per heavy atom. The van der Waals surface area contributed by atoms with Crippen LogP contribution in [0.1, 0.15) is 61.6 Å². The predicted octanol–water partition coefficient (Wildman–Crippen LogP) is 12.2. The number of hydrogen-bond donors (Lipinski definition) is 2. The second-order valence-corrected chi connectivity index (χ2v) is 26.6. The van der Waals surface area contributed by atoms with Gasteiger partial charge in [0, 0.05) is 106 Å². The first kappa shape index (κ1) is 71.7. The predicted molar refractivity (Wildman–Crippen MR) is 361 cm³/mol. The quantitative estimate of drug-likeness (QED) is 0.0390. The fraction of sp³-hybridized carbons (Fsp3) is 0.265. The maximum absolute atomic E-state index is 12.4. The molecule has 1 aliphatic heterocycles. The molecular formula is C68H81ClN6O11S3. The fourth-order valence-electron chi connectivity index (χ4n) is 8.97. The van der Waals surface area contributed by atoms with Gasteiger partial charge in [-0.15, -0.1) is 0 Å². The van der Waals surface area contributed by atoms with E-state index >= 15 is 0 Å². The molecule has 9 rings (SSSR count). The molecule has 0 radical (unpaired) electrons. The number of nitrogens with one attached hydrogen (secondary N) is 1. The van der Waals surface area contributed by atoms with Gasteiger partial charge < -0.3 is 34.9 Å². The van der Waals surface area contributed by atoms with Crippen LogP contribution in [0.15, 0.2) is 209 Å². The van der Waals surface area contributed by atoms with E-state index in [1.807, 2.05) is 81.9 Å². The summed E-state index contributed by atoms with van der Waals surface area (Å²) in [6.45, 7) is 9.57. The van der Waals surface area contributed by atoms with Crippen LogP contribution in [-0.2, 0) is 44.1 Å². The van der Waals surface area contributed by atoms with E-state index in [1.165, 1.54) is 52.5 Å². The van der Waals surface area contributed by atoms with Crippen molar-refractivity contribution < 1.29 is 48.3 Å². The van der Waals surface area contributed by atoms with Gasteiger partial charge in [0.05, 0.1) is 45.9 Å². The molecule has 0 fully saturated rings. The molecule has 0 aromatic heterocycles. The highest BCUT2D eigenvalue weighted by molar-refractivity contribution is 8.13. The van der Waals surface area contributed by atoms with Crippen LogP contribution in [0, 0.1) is 20.8 Å². The summed E-state index contributed by atoms with van der Waals surface area (Å²) in [4.78, 5) is 31.8. The third-order valence-corrected chi connectivity index (χ3v) is 18.3. The third kappa shape index (κ3) is 21.9. The molecule has 2 N–H and O–H groups in total. The summed E-state index contributed by atoms with van der Waals surface area (Å²) in [5, 5.41) is 11.8. The van der Waals surface area contributed by atoms with E-state index in [-0.39, 0.29) is 40.7 Å². The van der Waals surface area contributed by atoms with Crippen LogP contribution in [0.4, 0.5) is 34.1 Å².